The number of benzene rings is 1. The highest BCUT2D eigenvalue weighted by atomic mass is 16.5. The van der Waals surface area contributed by atoms with Gasteiger partial charge in [0.25, 0.3) is 0 Å². The SMILES string of the molecule is CNC(=O)N(C)Cc1ccc(OC)c(CC(=O)O)c1. The Morgan fingerprint density at radius 3 is 2.63 bits per heavy atom. The number of carboxylic acids is 1. The van der Waals surface area contributed by atoms with Crippen LogP contribution in [0, 0.1) is 0 Å². The smallest absolute Gasteiger partial charge is 0.317 e. The second kappa shape index (κ2) is 6.63. The van der Waals surface area contributed by atoms with Gasteiger partial charge < -0.3 is 20.1 Å². The minimum atomic E-state index is -0.921. The fourth-order valence-corrected chi connectivity index (χ4v) is 1.77. The van der Waals surface area contributed by atoms with E-state index in [2.05, 4.69) is 5.32 Å². The van der Waals surface area contributed by atoms with Gasteiger partial charge in [0.1, 0.15) is 5.75 Å². The highest BCUT2D eigenvalue weighted by Gasteiger charge is 2.11. The van der Waals surface area contributed by atoms with E-state index in [0.717, 1.165) is 5.56 Å². The number of carbonyl (C=O) groups is 2. The van der Waals surface area contributed by atoms with Gasteiger partial charge in [0.05, 0.1) is 13.5 Å². The summed E-state index contributed by atoms with van der Waals surface area (Å²) in [5.74, 6) is -0.385. The van der Waals surface area contributed by atoms with Crippen LogP contribution >= 0.6 is 0 Å². The van der Waals surface area contributed by atoms with E-state index >= 15 is 0 Å². The lowest BCUT2D eigenvalue weighted by atomic mass is 10.1. The second-order valence-corrected chi connectivity index (χ2v) is 4.13. The monoisotopic (exact) mass is 266 g/mol. The molecule has 104 valence electrons. The van der Waals surface area contributed by atoms with E-state index in [9.17, 15) is 9.59 Å². The molecule has 2 amide bonds. The fourth-order valence-electron chi connectivity index (χ4n) is 1.77. The Labute approximate surface area is 112 Å². The molecule has 19 heavy (non-hydrogen) atoms. The van der Waals surface area contributed by atoms with Crippen molar-refractivity contribution in [3.8, 4) is 5.75 Å². The highest BCUT2D eigenvalue weighted by molar-refractivity contribution is 5.73. The Bertz CT molecular complexity index is 474. The molecule has 0 aliphatic heterocycles. The van der Waals surface area contributed by atoms with Crippen LogP contribution in [-0.2, 0) is 17.8 Å². The molecular formula is C13H18N2O4. The van der Waals surface area contributed by atoms with Crippen molar-refractivity contribution in [3.05, 3.63) is 29.3 Å². The van der Waals surface area contributed by atoms with Crippen molar-refractivity contribution in [1.29, 1.82) is 0 Å². The van der Waals surface area contributed by atoms with Crippen LogP contribution in [0.3, 0.4) is 0 Å². The van der Waals surface area contributed by atoms with Crippen LogP contribution in [0.1, 0.15) is 11.1 Å². The van der Waals surface area contributed by atoms with E-state index in [4.69, 9.17) is 9.84 Å². The maximum atomic E-state index is 11.4. The molecule has 0 radical (unpaired) electrons. The number of hydrogen-bond donors (Lipinski definition) is 2. The molecule has 0 unspecified atom stereocenters. The predicted molar refractivity (Wildman–Crippen MR) is 70.3 cm³/mol. The molecule has 0 spiro atoms. The Balaban J connectivity index is 2.91. The van der Waals surface area contributed by atoms with Crippen molar-refractivity contribution >= 4 is 12.0 Å². The van der Waals surface area contributed by atoms with Crippen LogP contribution in [0.5, 0.6) is 5.75 Å². The van der Waals surface area contributed by atoms with Crippen molar-refractivity contribution in [2.24, 2.45) is 0 Å². The lowest BCUT2D eigenvalue weighted by Gasteiger charge is -2.17. The summed E-state index contributed by atoms with van der Waals surface area (Å²) in [4.78, 5) is 23.7. The summed E-state index contributed by atoms with van der Waals surface area (Å²) in [5, 5.41) is 11.4. The van der Waals surface area contributed by atoms with Crippen LogP contribution < -0.4 is 10.1 Å². The van der Waals surface area contributed by atoms with Crippen LogP contribution in [0.4, 0.5) is 4.79 Å². The number of aliphatic carboxylic acids is 1. The van der Waals surface area contributed by atoms with Crippen molar-refractivity contribution in [2.45, 2.75) is 13.0 Å². The zero-order chi connectivity index (χ0) is 14.4. The normalized spacial score (nSPS) is 9.84. The molecule has 6 nitrogen and oxygen atoms in total. The molecule has 1 aromatic carbocycles. The number of urea groups is 1. The maximum absolute atomic E-state index is 11.4. The first-order valence-corrected chi connectivity index (χ1v) is 5.78. The maximum Gasteiger partial charge on any atom is 0.317 e. The van der Waals surface area contributed by atoms with Gasteiger partial charge in [0.15, 0.2) is 0 Å². The third kappa shape index (κ3) is 4.17. The minimum Gasteiger partial charge on any atom is -0.496 e. The number of nitrogens with one attached hydrogen (secondary N) is 1. The summed E-state index contributed by atoms with van der Waals surface area (Å²) in [6.45, 7) is 0.399. The third-order valence-electron chi connectivity index (χ3n) is 2.67. The first kappa shape index (κ1) is 14.8. The number of nitrogens with zero attached hydrogens (tertiary/aromatic N) is 1. The first-order valence-electron chi connectivity index (χ1n) is 5.78. The molecule has 0 aromatic heterocycles. The van der Waals surface area contributed by atoms with Gasteiger partial charge in [-0.15, -0.1) is 0 Å². The summed E-state index contributed by atoms with van der Waals surface area (Å²) in [6, 6.07) is 5.07. The van der Waals surface area contributed by atoms with E-state index in [1.807, 2.05) is 6.07 Å². The Morgan fingerprint density at radius 2 is 2.11 bits per heavy atom. The lowest BCUT2D eigenvalue weighted by Crippen LogP contribution is -2.34. The molecule has 0 aliphatic carbocycles. The Morgan fingerprint density at radius 1 is 1.42 bits per heavy atom. The fraction of sp³-hybridized carbons (Fsp3) is 0.385. The molecule has 2 N–H and O–H groups in total. The van der Waals surface area contributed by atoms with Crippen molar-refractivity contribution in [2.75, 3.05) is 21.2 Å². The van der Waals surface area contributed by atoms with Crippen LogP contribution in [0.25, 0.3) is 0 Å². The summed E-state index contributed by atoms with van der Waals surface area (Å²) >= 11 is 0. The molecule has 0 bridgehead atoms. The molecule has 0 saturated heterocycles. The highest BCUT2D eigenvalue weighted by Crippen LogP contribution is 2.21. The summed E-state index contributed by atoms with van der Waals surface area (Å²) in [6.07, 6.45) is -0.110. The summed E-state index contributed by atoms with van der Waals surface area (Å²) < 4.78 is 5.12. The molecule has 1 rings (SSSR count). The van der Waals surface area contributed by atoms with Crippen LogP contribution in [0.15, 0.2) is 18.2 Å². The molecule has 0 atom stereocenters. The average Bonchev–Trinajstić information content (AvgIpc) is 2.37. The number of carboxylic acid groups (broad SMARTS) is 1. The minimum absolute atomic E-state index is 0.110. The standard InChI is InChI=1S/C13H18N2O4/c1-14-13(18)15(2)8-9-4-5-11(19-3)10(6-9)7-12(16)17/h4-6H,7-8H2,1-3H3,(H,14,18)(H,16,17). The van der Waals surface area contributed by atoms with Gasteiger partial charge in [-0.2, -0.15) is 0 Å². The van der Waals surface area contributed by atoms with Crippen LogP contribution in [0.2, 0.25) is 0 Å². The van der Waals surface area contributed by atoms with E-state index in [1.165, 1.54) is 12.0 Å². The van der Waals surface area contributed by atoms with E-state index < -0.39 is 5.97 Å². The Kier molecular flexibility index (Phi) is 5.17. The summed E-state index contributed by atoms with van der Waals surface area (Å²) in [5.41, 5.74) is 1.45. The third-order valence-corrected chi connectivity index (χ3v) is 2.67. The van der Waals surface area contributed by atoms with Crippen molar-refractivity contribution in [1.82, 2.24) is 10.2 Å². The van der Waals surface area contributed by atoms with E-state index in [-0.39, 0.29) is 12.5 Å². The Hall–Kier alpha value is -2.24. The predicted octanol–water partition coefficient (Wildman–Crippen LogP) is 1.09. The van der Waals surface area contributed by atoms with Gasteiger partial charge >= 0.3 is 12.0 Å². The largest absolute Gasteiger partial charge is 0.496 e. The van der Waals surface area contributed by atoms with Gasteiger partial charge in [0.2, 0.25) is 0 Å². The number of amides is 2. The zero-order valence-corrected chi connectivity index (χ0v) is 11.3. The molecular weight excluding hydrogens is 248 g/mol. The zero-order valence-electron chi connectivity index (χ0n) is 11.3. The lowest BCUT2D eigenvalue weighted by molar-refractivity contribution is -0.136. The molecule has 0 fully saturated rings. The van der Waals surface area contributed by atoms with Gasteiger partial charge in [0, 0.05) is 26.2 Å². The van der Waals surface area contributed by atoms with E-state index in [0.29, 0.717) is 17.9 Å². The van der Waals surface area contributed by atoms with Crippen molar-refractivity contribution < 1.29 is 19.4 Å². The average molecular weight is 266 g/mol. The van der Waals surface area contributed by atoms with Gasteiger partial charge in [-0.05, 0) is 17.7 Å². The molecule has 0 heterocycles. The first-order chi connectivity index (χ1) is 8.97. The number of carbonyl (C=O) groups excluding carboxylic acids is 1. The molecule has 0 saturated carbocycles. The number of hydrogen-bond acceptors (Lipinski definition) is 3. The number of ether oxygens (including phenoxy) is 1. The molecule has 0 aliphatic rings. The summed E-state index contributed by atoms with van der Waals surface area (Å²) in [7, 11) is 4.72. The van der Waals surface area contributed by atoms with Gasteiger partial charge in [-0.25, -0.2) is 4.79 Å². The van der Waals surface area contributed by atoms with E-state index in [1.54, 1.807) is 26.2 Å². The second-order valence-electron chi connectivity index (χ2n) is 4.13. The number of rotatable bonds is 5. The molecule has 1 aromatic rings. The molecule has 6 heteroatoms. The quantitative estimate of drug-likeness (QED) is 0.836. The van der Waals surface area contributed by atoms with Gasteiger partial charge in [-0.3, -0.25) is 4.79 Å². The topological polar surface area (TPSA) is 78.9 Å². The number of methoxy groups -OCH3 is 1. The van der Waals surface area contributed by atoms with Crippen molar-refractivity contribution in [3.63, 3.8) is 0 Å². The van der Waals surface area contributed by atoms with Crippen LogP contribution in [-0.4, -0.2) is 43.2 Å². The van der Waals surface area contributed by atoms with Gasteiger partial charge in [-0.1, -0.05) is 6.07 Å².